The van der Waals surface area contributed by atoms with E-state index in [9.17, 15) is 4.79 Å². The summed E-state index contributed by atoms with van der Waals surface area (Å²) in [5, 5.41) is 3.52. The van der Waals surface area contributed by atoms with E-state index in [1.165, 1.54) is 12.8 Å². The van der Waals surface area contributed by atoms with Gasteiger partial charge in [0.2, 0.25) is 5.91 Å². The predicted octanol–water partition coefficient (Wildman–Crippen LogP) is 2.37. The van der Waals surface area contributed by atoms with Crippen molar-refractivity contribution < 1.29 is 4.79 Å². The summed E-state index contributed by atoms with van der Waals surface area (Å²) in [6.07, 6.45) is 3.66. The molecular weight excluding hydrogens is 318 g/mol. The second-order valence-electron chi connectivity index (χ2n) is 5.64. The number of amides is 1. The number of anilines is 2. The molecule has 20 heavy (non-hydrogen) atoms. The summed E-state index contributed by atoms with van der Waals surface area (Å²) in [5.74, 6) is 0.190. The van der Waals surface area contributed by atoms with E-state index in [0.29, 0.717) is 12.6 Å². The Bertz CT molecular complexity index is 514. The smallest absolute Gasteiger partial charge is 0.246 e. The number of benzene rings is 1. The highest BCUT2D eigenvalue weighted by atomic mass is 79.9. The van der Waals surface area contributed by atoms with Crippen LogP contribution in [-0.4, -0.2) is 38.6 Å². The second-order valence-corrected chi connectivity index (χ2v) is 6.56. The summed E-state index contributed by atoms with van der Waals surface area (Å²) >= 11 is 3.51. The van der Waals surface area contributed by atoms with Gasteiger partial charge < -0.3 is 15.1 Å². The van der Waals surface area contributed by atoms with Gasteiger partial charge in [-0.05, 0) is 37.6 Å². The fourth-order valence-electron chi connectivity index (χ4n) is 3.04. The fraction of sp³-hybridized carbons (Fsp3) is 0.533. The van der Waals surface area contributed by atoms with Gasteiger partial charge in [0.25, 0.3) is 0 Å². The van der Waals surface area contributed by atoms with Crippen molar-refractivity contribution in [2.75, 3.05) is 36.5 Å². The van der Waals surface area contributed by atoms with E-state index >= 15 is 0 Å². The van der Waals surface area contributed by atoms with Gasteiger partial charge in [-0.1, -0.05) is 22.4 Å². The monoisotopic (exact) mass is 337 g/mol. The van der Waals surface area contributed by atoms with Crippen LogP contribution in [0, 0.1) is 0 Å². The van der Waals surface area contributed by atoms with Gasteiger partial charge in [0, 0.05) is 24.1 Å². The van der Waals surface area contributed by atoms with E-state index in [1.807, 2.05) is 29.0 Å². The van der Waals surface area contributed by atoms with Crippen molar-refractivity contribution in [3.8, 4) is 0 Å². The summed E-state index contributed by atoms with van der Waals surface area (Å²) in [5.41, 5.74) is 2.15. The number of hydrogen-bond acceptors (Lipinski definition) is 3. The number of halogens is 1. The molecule has 1 fully saturated rings. The Balaban J connectivity index is 1.86. The molecule has 1 saturated heterocycles. The molecule has 2 heterocycles. The molecule has 2 aliphatic rings. The summed E-state index contributed by atoms with van der Waals surface area (Å²) < 4.78 is 1.05. The number of piperidine rings is 1. The molecule has 1 N–H and O–H groups in total. The third kappa shape index (κ3) is 2.69. The molecule has 1 aromatic rings. The Labute approximate surface area is 128 Å². The van der Waals surface area contributed by atoms with Crippen LogP contribution in [0.25, 0.3) is 0 Å². The number of nitrogens with zero attached hydrogens (tertiary/aromatic N) is 2. The molecule has 1 aromatic carbocycles. The lowest BCUT2D eigenvalue weighted by molar-refractivity contribution is -0.117. The molecule has 4 nitrogen and oxygen atoms in total. The molecule has 0 saturated carbocycles. The van der Waals surface area contributed by atoms with Crippen molar-refractivity contribution in [1.82, 2.24) is 5.32 Å². The lowest BCUT2D eigenvalue weighted by atomic mass is 10.0. The Hall–Kier alpha value is -1.07. The van der Waals surface area contributed by atoms with Crippen LogP contribution >= 0.6 is 15.9 Å². The number of carbonyl (C=O) groups is 1. The third-order valence-electron chi connectivity index (χ3n) is 4.13. The topological polar surface area (TPSA) is 35.6 Å². The average Bonchev–Trinajstić information content (AvgIpc) is 2.45. The minimum Gasteiger partial charge on any atom is -0.364 e. The first-order valence-electron chi connectivity index (χ1n) is 7.19. The molecular formula is C15H20BrN3O. The number of likely N-dealkylation sites (N-methyl/N-ethyl adjacent to an activating group) is 1. The van der Waals surface area contributed by atoms with Gasteiger partial charge in [-0.3, -0.25) is 4.79 Å². The number of nitrogens with one attached hydrogen (secondary N) is 1. The molecule has 5 heteroatoms. The molecule has 0 radical (unpaired) electrons. The minimum absolute atomic E-state index is 0.190. The Morgan fingerprint density at radius 2 is 2.20 bits per heavy atom. The Morgan fingerprint density at radius 1 is 1.35 bits per heavy atom. The quantitative estimate of drug-likeness (QED) is 0.899. The van der Waals surface area contributed by atoms with Gasteiger partial charge in [-0.2, -0.15) is 0 Å². The number of hydrogen-bond donors (Lipinski definition) is 1. The van der Waals surface area contributed by atoms with E-state index in [0.717, 1.165) is 35.4 Å². The molecule has 108 valence electrons. The first kappa shape index (κ1) is 13.9. The standard InChI is InChI=1S/C15H20BrN3O/c1-18-10-15(20)19(9-12-4-2-3-7-17-12)13-6-5-11(16)8-14(13)18/h5-6,8,12,17H,2-4,7,9-10H2,1H3. The zero-order valence-electron chi connectivity index (χ0n) is 11.7. The molecule has 0 aromatic heterocycles. The summed E-state index contributed by atoms with van der Waals surface area (Å²) in [6.45, 7) is 2.30. The van der Waals surface area contributed by atoms with Crippen LogP contribution < -0.4 is 15.1 Å². The van der Waals surface area contributed by atoms with Crippen LogP contribution in [0.4, 0.5) is 11.4 Å². The van der Waals surface area contributed by atoms with Crippen molar-refractivity contribution in [3.05, 3.63) is 22.7 Å². The number of rotatable bonds is 2. The van der Waals surface area contributed by atoms with E-state index in [-0.39, 0.29) is 5.91 Å². The first-order chi connectivity index (χ1) is 9.65. The van der Waals surface area contributed by atoms with Gasteiger partial charge >= 0.3 is 0 Å². The third-order valence-corrected chi connectivity index (χ3v) is 4.62. The lowest BCUT2D eigenvalue weighted by Crippen LogP contribution is -2.51. The van der Waals surface area contributed by atoms with Gasteiger partial charge in [0.1, 0.15) is 0 Å². The maximum absolute atomic E-state index is 12.4. The predicted molar refractivity (Wildman–Crippen MR) is 85.4 cm³/mol. The van der Waals surface area contributed by atoms with Gasteiger partial charge in [-0.25, -0.2) is 0 Å². The Kier molecular flexibility index (Phi) is 3.98. The van der Waals surface area contributed by atoms with Crippen LogP contribution in [0.1, 0.15) is 19.3 Å². The van der Waals surface area contributed by atoms with E-state index in [1.54, 1.807) is 0 Å². The molecule has 0 aliphatic carbocycles. The van der Waals surface area contributed by atoms with E-state index in [4.69, 9.17) is 0 Å². The van der Waals surface area contributed by atoms with E-state index in [2.05, 4.69) is 27.3 Å². The van der Waals surface area contributed by atoms with Gasteiger partial charge in [0.05, 0.1) is 17.9 Å². The van der Waals surface area contributed by atoms with Crippen LogP contribution in [0.2, 0.25) is 0 Å². The Morgan fingerprint density at radius 3 is 2.95 bits per heavy atom. The first-order valence-corrected chi connectivity index (χ1v) is 7.99. The van der Waals surface area contributed by atoms with Crippen molar-refractivity contribution in [2.45, 2.75) is 25.3 Å². The van der Waals surface area contributed by atoms with Crippen molar-refractivity contribution in [2.24, 2.45) is 0 Å². The average molecular weight is 338 g/mol. The zero-order valence-corrected chi connectivity index (χ0v) is 13.3. The highest BCUT2D eigenvalue weighted by Gasteiger charge is 2.29. The van der Waals surface area contributed by atoms with E-state index < -0.39 is 0 Å². The number of carbonyl (C=O) groups excluding carboxylic acids is 1. The second kappa shape index (κ2) is 5.74. The minimum atomic E-state index is 0.190. The normalized spacial score (nSPS) is 22.9. The highest BCUT2D eigenvalue weighted by Crippen LogP contribution is 2.35. The molecule has 0 spiro atoms. The van der Waals surface area contributed by atoms with Crippen LogP contribution in [0.5, 0.6) is 0 Å². The summed E-state index contributed by atoms with van der Waals surface area (Å²) in [6, 6.07) is 6.55. The fourth-order valence-corrected chi connectivity index (χ4v) is 3.39. The SMILES string of the molecule is CN1CC(=O)N(CC2CCCCN2)c2ccc(Br)cc21. The largest absolute Gasteiger partial charge is 0.364 e. The molecule has 1 atom stereocenters. The van der Waals surface area contributed by atoms with Crippen molar-refractivity contribution in [1.29, 1.82) is 0 Å². The lowest BCUT2D eigenvalue weighted by Gasteiger charge is -2.38. The molecule has 1 amide bonds. The molecule has 0 bridgehead atoms. The molecule has 3 rings (SSSR count). The summed E-state index contributed by atoms with van der Waals surface area (Å²) in [4.78, 5) is 16.3. The van der Waals surface area contributed by atoms with Crippen LogP contribution in [0.15, 0.2) is 22.7 Å². The van der Waals surface area contributed by atoms with Gasteiger partial charge in [0.15, 0.2) is 0 Å². The zero-order chi connectivity index (χ0) is 14.1. The number of fused-ring (bicyclic) bond motifs is 1. The maximum Gasteiger partial charge on any atom is 0.246 e. The van der Waals surface area contributed by atoms with Gasteiger partial charge in [-0.15, -0.1) is 0 Å². The van der Waals surface area contributed by atoms with Crippen molar-refractivity contribution in [3.63, 3.8) is 0 Å². The highest BCUT2D eigenvalue weighted by molar-refractivity contribution is 9.10. The maximum atomic E-state index is 12.4. The van der Waals surface area contributed by atoms with Crippen LogP contribution in [0.3, 0.4) is 0 Å². The molecule has 2 aliphatic heterocycles. The summed E-state index contributed by atoms with van der Waals surface area (Å²) in [7, 11) is 1.97. The molecule has 1 unspecified atom stereocenters. The van der Waals surface area contributed by atoms with Crippen LogP contribution in [-0.2, 0) is 4.79 Å². The van der Waals surface area contributed by atoms with Crippen molar-refractivity contribution >= 4 is 33.2 Å².